The number of halogens is 1. The normalized spacial score (nSPS) is 10.3. The summed E-state index contributed by atoms with van der Waals surface area (Å²) in [6, 6.07) is 4.99. The third-order valence-electron chi connectivity index (χ3n) is 2.54. The summed E-state index contributed by atoms with van der Waals surface area (Å²) in [6.07, 6.45) is 3.14. The highest BCUT2D eigenvalue weighted by molar-refractivity contribution is 9.10. The van der Waals surface area contributed by atoms with Crippen molar-refractivity contribution in [2.24, 2.45) is 0 Å². The molecule has 0 bridgehead atoms. The number of hydrogen-bond donors (Lipinski definition) is 0. The maximum absolute atomic E-state index is 11.1. The van der Waals surface area contributed by atoms with E-state index in [0.29, 0.717) is 10.2 Å². The average molecular weight is 323 g/mol. The van der Waals surface area contributed by atoms with Gasteiger partial charge in [-0.3, -0.25) is 15.1 Å². The molecule has 0 N–H and O–H groups in total. The Bertz CT molecular complexity index is 644. The summed E-state index contributed by atoms with van der Waals surface area (Å²) >= 11 is 3.30. The fraction of sp³-hybridized carbons (Fsp3) is 0.154. The molecule has 1 heterocycles. The number of hydrogen-bond acceptors (Lipinski definition) is 4. The average Bonchev–Trinajstić information content (AvgIpc) is 2.34. The van der Waals surface area contributed by atoms with Crippen LogP contribution < -0.4 is 4.74 Å². The molecule has 98 valence electrons. The Hall–Kier alpha value is -1.95. The van der Waals surface area contributed by atoms with Crippen molar-refractivity contribution in [3.05, 3.63) is 56.3 Å². The summed E-state index contributed by atoms with van der Waals surface area (Å²) in [7, 11) is 0. The number of pyridine rings is 1. The van der Waals surface area contributed by atoms with E-state index in [1.54, 1.807) is 25.4 Å². The first kappa shape index (κ1) is 13.5. The van der Waals surface area contributed by atoms with E-state index < -0.39 is 4.92 Å². The quantitative estimate of drug-likeness (QED) is 0.628. The second-order valence-corrected chi connectivity index (χ2v) is 4.95. The largest absolute Gasteiger partial charge is 0.449 e. The van der Waals surface area contributed by atoms with Crippen molar-refractivity contribution in [3.8, 4) is 11.5 Å². The number of rotatable bonds is 3. The van der Waals surface area contributed by atoms with E-state index in [0.717, 1.165) is 11.1 Å². The standard InChI is InChI=1S/C13H11BrN2O3/c1-8-5-9(2)13(11(6-8)16(17)18)19-12-3-4-15-7-10(12)14/h3-7H,1-2H3. The second kappa shape index (κ2) is 5.36. The topological polar surface area (TPSA) is 65.3 Å². The molecule has 0 spiro atoms. The Morgan fingerprint density at radius 1 is 1.37 bits per heavy atom. The highest BCUT2D eigenvalue weighted by Crippen LogP contribution is 2.37. The van der Waals surface area contributed by atoms with E-state index in [1.807, 2.05) is 13.0 Å². The first-order valence-electron chi connectivity index (χ1n) is 5.52. The van der Waals surface area contributed by atoms with Crippen molar-refractivity contribution in [3.63, 3.8) is 0 Å². The van der Waals surface area contributed by atoms with Gasteiger partial charge in [0.15, 0.2) is 0 Å². The molecule has 19 heavy (non-hydrogen) atoms. The number of nitro benzene ring substituents is 1. The maximum atomic E-state index is 11.1. The van der Waals surface area contributed by atoms with Crippen LogP contribution in [0.15, 0.2) is 35.1 Å². The van der Waals surface area contributed by atoms with E-state index in [4.69, 9.17) is 4.74 Å². The van der Waals surface area contributed by atoms with Gasteiger partial charge in [-0.1, -0.05) is 6.07 Å². The fourth-order valence-electron chi connectivity index (χ4n) is 1.76. The Morgan fingerprint density at radius 2 is 2.11 bits per heavy atom. The van der Waals surface area contributed by atoms with Gasteiger partial charge in [-0.05, 0) is 40.9 Å². The molecule has 5 nitrogen and oxygen atoms in total. The van der Waals surface area contributed by atoms with Crippen molar-refractivity contribution in [1.29, 1.82) is 0 Å². The minimum atomic E-state index is -0.440. The van der Waals surface area contributed by atoms with Crippen molar-refractivity contribution < 1.29 is 9.66 Å². The Morgan fingerprint density at radius 3 is 2.74 bits per heavy atom. The molecule has 1 aromatic carbocycles. The van der Waals surface area contributed by atoms with Crippen LogP contribution >= 0.6 is 15.9 Å². The van der Waals surface area contributed by atoms with E-state index >= 15 is 0 Å². The van der Waals surface area contributed by atoms with Crippen molar-refractivity contribution in [1.82, 2.24) is 4.98 Å². The minimum absolute atomic E-state index is 0.0405. The zero-order valence-electron chi connectivity index (χ0n) is 10.4. The lowest BCUT2D eigenvalue weighted by atomic mass is 10.1. The molecular weight excluding hydrogens is 312 g/mol. The summed E-state index contributed by atoms with van der Waals surface area (Å²) in [4.78, 5) is 14.6. The van der Waals surface area contributed by atoms with Crippen molar-refractivity contribution in [2.45, 2.75) is 13.8 Å². The first-order valence-corrected chi connectivity index (χ1v) is 6.31. The van der Waals surface area contributed by atoms with Gasteiger partial charge >= 0.3 is 5.69 Å². The van der Waals surface area contributed by atoms with Crippen molar-refractivity contribution >= 4 is 21.6 Å². The van der Waals surface area contributed by atoms with Gasteiger partial charge < -0.3 is 4.74 Å². The van der Waals surface area contributed by atoms with Crippen LogP contribution in [-0.4, -0.2) is 9.91 Å². The van der Waals surface area contributed by atoms with E-state index in [1.165, 1.54) is 6.07 Å². The lowest BCUT2D eigenvalue weighted by Gasteiger charge is -2.11. The molecule has 6 heteroatoms. The van der Waals surface area contributed by atoms with Crippen LogP contribution in [0.4, 0.5) is 5.69 Å². The molecule has 0 aliphatic rings. The van der Waals surface area contributed by atoms with E-state index in [2.05, 4.69) is 20.9 Å². The molecule has 0 fully saturated rings. The number of aromatic nitrogens is 1. The van der Waals surface area contributed by atoms with Crippen LogP contribution in [0.5, 0.6) is 11.5 Å². The molecule has 0 atom stereocenters. The Labute approximate surface area is 118 Å². The molecule has 2 aromatic rings. The summed E-state index contributed by atoms with van der Waals surface area (Å²) in [5.41, 5.74) is 1.50. The number of aryl methyl sites for hydroxylation is 2. The van der Waals surface area contributed by atoms with Gasteiger partial charge in [0.25, 0.3) is 0 Å². The van der Waals surface area contributed by atoms with Gasteiger partial charge in [-0.25, -0.2) is 0 Å². The lowest BCUT2D eigenvalue weighted by Crippen LogP contribution is -1.97. The Balaban J connectivity index is 2.51. The smallest absolute Gasteiger partial charge is 0.312 e. The molecular formula is C13H11BrN2O3. The second-order valence-electron chi connectivity index (χ2n) is 4.10. The number of nitrogens with zero attached hydrogens (tertiary/aromatic N) is 2. The first-order chi connectivity index (χ1) is 8.99. The molecule has 0 aliphatic carbocycles. The predicted molar refractivity (Wildman–Crippen MR) is 74.6 cm³/mol. The highest BCUT2D eigenvalue weighted by atomic mass is 79.9. The van der Waals surface area contributed by atoms with Gasteiger partial charge in [0.1, 0.15) is 5.75 Å². The molecule has 0 aliphatic heterocycles. The Kier molecular flexibility index (Phi) is 3.80. The molecule has 2 rings (SSSR count). The van der Waals surface area contributed by atoms with Gasteiger partial charge in [-0.15, -0.1) is 0 Å². The van der Waals surface area contributed by atoms with Crippen LogP contribution in [0.3, 0.4) is 0 Å². The molecule has 0 radical (unpaired) electrons. The minimum Gasteiger partial charge on any atom is -0.449 e. The number of nitro groups is 1. The van der Waals surface area contributed by atoms with Gasteiger partial charge in [0.05, 0.1) is 9.40 Å². The lowest BCUT2D eigenvalue weighted by molar-refractivity contribution is -0.385. The zero-order valence-corrected chi connectivity index (χ0v) is 12.0. The molecule has 0 unspecified atom stereocenters. The van der Waals surface area contributed by atoms with Crippen molar-refractivity contribution in [2.75, 3.05) is 0 Å². The summed E-state index contributed by atoms with van der Waals surface area (Å²) in [5, 5.41) is 11.1. The van der Waals surface area contributed by atoms with Crippen LogP contribution in [0.25, 0.3) is 0 Å². The summed E-state index contributed by atoms with van der Waals surface area (Å²) in [5.74, 6) is 0.743. The van der Waals surface area contributed by atoms with Gasteiger partial charge in [0, 0.05) is 24.5 Å². The van der Waals surface area contributed by atoms with Crippen LogP contribution in [0.2, 0.25) is 0 Å². The molecule has 0 saturated heterocycles. The molecule has 0 saturated carbocycles. The van der Waals surface area contributed by atoms with Crippen LogP contribution in [0, 0.1) is 24.0 Å². The maximum Gasteiger partial charge on any atom is 0.312 e. The molecule has 1 aromatic heterocycles. The van der Waals surface area contributed by atoms with E-state index in [-0.39, 0.29) is 11.4 Å². The summed E-state index contributed by atoms with van der Waals surface area (Å²) < 4.78 is 6.30. The number of ether oxygens (including phenoxy) is 1. The van der Waals surface area contributed by atoms with Crippen LogP contribution in [-0.2, 0) is 0 Å². The zero-order chi connectivity index (χ0) is 14.0. The number of benzene rings is 1. The third-order valence-corrected chi connectivity index (χ3v) is 3.14. The highest BCUT2D eigenvalue weighted by Gasteiger charge is 2.19. The van der Waals surface area contributed by atoms with Gasteiger partial charge in [0.2, 0.25) is 5.75 Å². The predicted octanol–water partition coefficient (Wildman–Crippen LogP) is 4.16. The molecule has 0 amide bonds. The monoisotopic (exact) mass is 322 g/mol. The van der Waals surface area contributed by atoms with Gasteiger partial charge in [-0.2, -0.15) is 0 Å². The summed E-state index contributed by atoms with van der Waals surface area (Å²) in [6.45, 7) is 3.59. The third kappa shape index (κ3) is 2.90. The fourth-order valence-corrected chi connectivity index (χ4v) is 2.09. The van der Waals surface area contributed by atoms with E-state index in [9.17, 15) is 10.1 Å². The van der Waals surface area contributed by atoms with Crippen LogP contribution in [0.1, 0.15) is 11.1 Å². The SMILES string of the molecule is Cc1cc(C)c(Oc2ccncc2Br)c([N+](=O)[O-])c1.